The standard InChI is InChI=1S/C13H11ClF3NO3S2/c1-12(19,13(15,16)17)10-6-18-11(22-10)7-23(20,21)9-4-2-8(14)3-5-9/h2-6,19H,7H2,1H3. The largest absolute Gasteiger partial charge is 0.422 e. The van der Waals surface area contributed by atoms with Crippen LogP contribution in [0.2, 0.25) is 5.02 Å². The Bertz CT molecular complexity index is 799. The molecule has 4 nitrogen and oxygen atoms in total. The summed E-state index contributed by atoms with van der Waals surface area (Å²) in [5.74, 6) is -0.562. The number of hydrogen-bond acceptors (Lipinski definition) is 5. The molecular formula is C13H11ClF3NO3S2. The molecule has 1 atom stereocenters. The van der Waals surface area contributed by atoms with Gasteiger partial charge in [0.2, 0.25) is 0 Å². The van der Waals surface area contributed by atoms with Crippen molar-refractivity contribution in [3.63, 3.8) is 0 Å². The fourth-order valence-electron chi connectivity index (χ4n) is 1.63. The fraction of sp³-hybridized carbons (Fsp3) is 0.308. The third kappa shape index (κ3) is 3.85. The molecule has 0 saturated carbocycles. The quantitative estimate of drug-likeness (QED) is 0.874. The van der Waals surface area contributed by atoms with Crippen molar-refractivity contribution < 1.29 is 26.7 Å². The van der Waals surface area contributed by atoms with E-state index in [0.29, 0.717) is 23.3 Å². The highest BCUT2D eigenvalue weighted by atomic mass is 35.5. The van der Waals surface area contributed by atoms with Gasteiger partial charge in [0, 0.05) is 11.2 Å². The lowest BCUT2D eigenvalue weighted by atomic mass is 10.1. The Hall–Kier alpha value is -1.16. The molecule has 10 heteroatoms. The Morgan fingerprint density at radius 1 is 1.26 bits per heavy atom. The maximum absolute atomic E-state index is 12.8. The molecular weight excluding hydrogens is 375 g/mol. The molecule has 1 N–H and O–H groups in total. The van der Waals surface area contributed by atoms with E-state index in [1.807, 2.05) is 0 Å². The Balaban J connectivity index is 2.27. The SMILES string of the molecule is CC(O)(c1cnc(CS(=O)(=O)c2ccc(Cl)cc2)s1)C(F)(F)F. The molecule has 126 valence electrons. The zero-order chi connectivity index (χ0) is 17.5. The second-order valence-electron chi connectivity index (χ2n) is 4.90. The highest BCUT2D eigenvalue weighted by Crippen LogP contribution is 2.41. The van der Waals surface area contributed by atoms with Crippen molar-refractivity contribution in [3.05, 3.63) is 45.4 Å². The van der Waals surface area contributed by atoms with Gasteiger partial charge in [-0.1, -0.05) is 11.6 Å². The highest BCUT2D eigenvalue weighted by molar-refractivity contribution is 7.90. The van der Waals surface area contributed by atoms with Gasteiger partial charge in [0.1, 0.15) is 10.8 Å². The molecule has 0 fully saturated rings. The van der Waals surface area contributed by atoms with E-state index >= 15 is 0 Å². The molecule has 0 saturated heterocycles. The molecule has 1 heterocycles. The summed E-state index contributed by atoms with van der Waals surface area (Å²) in [6.45, 7) is 0.595. The van der Waals surface area contributed by atoms with E-state index in [1.54, 1.807) is 0 Å². The normalized spacial score (nSPS) is 15.4. The Morgan fingerprint density at radius 3 is 2.35 bits per heavy atom. The minimum atomic E-state index is -4.88. The first kappa shape index (κ1) is 18.2. The maximum atomic E-state index is 12.8. The van der Waals surface area contributed by atoms with E-state index < -0.39 is 32.2 Å². The number of rotatable bonds is 4. The van der Waals surface area contributed by atoms with Crippen LogP contribution in [0.25, 0.3) is 0 Å². The van der Waals surface area contributed by atoms with Gasteiger partial charge in [-0.2, -0.15) is 13.2 Å². The van der Waals surface area contributed by atoms with Gasteiger partial charge in [0.25, 0.3) is 0 Å². The first-order valence-corrected chi connectivity index (χ1v) is 9.01. The predicted molar refractivity (Wildman–Crippen MR) is 80.1 cm³/mol. The number of sulfone groups is 1. The van der Waals surface area contributed by atoms with Crippen LogP contribution in [0.4, 0.5) is 13.2 Å². The van der Waals surface area contributed by atoms with Crippen LogP contribution < -0.4 is 0 Å². The topological polar surface area (TPSA) is 67.3 Å². The van der Waals surface area contributed by atoms with E-state index in [4.69, 9.17) is 11.6 Å². The van der Waals surface area contributed by atoms with Crippen LogP contribution in [0.3, 0.4) is 0 Å². The number of aliphatic hydroxyl groups is 1. The monoisotopic (exact) mass is 385 g/mol. The van der Waals surface area contributed by atoms with Gasteiger partial charge in [-0.25, -0.2) is 13.4 Å². The molecule has 0 radical (unpaired) electrons. The Kier molecular flexibility index (Phi) is 4.78. The van der Waals surface area contributed by atoms with Crippen LogP contribution in [0.5, 0.6) is 0 Å². The van der Waals surface area contributed by atoms with Crippen LogP contribution in [0.15, 0.2) is 35.4 Å². The summed E-state index contributed by atoms with van der Waals surface area (Å²) in [5, 5.41) is 9.88. The summed E-state index contributed by atoms with van der Waals surface area (Å²) in [4.78, 5) is 3.20. The number of alkyl halides is 3. The number of nitrogens with zero attached hydrogens (tertiary/aromatic N) is 1. The summed E-state index contributed by atoms with van der Waals surface area (Å²) < 4.78 is 62.7. The Labute approximate surface area is 139 Å². The first-order chi connectivity index (χ1) is 10.4. The zero-order valence-electron chi connectivity index (χ0n) is 11.6. The van der Waals surface area contributed by atoms with Crippen molar-refractivity contribution in [2.75, 3.05) is 0 Å². The van der Waals surface area contributed by atoms with E-state index in [9.17, 15) is 26.7 Å². The average Bonchev–Trinajstić information content (AvgIpc) is 2.86. The molecule has 2 aromatic rings. The van der Waals surface area contributed by atoms with Gasteiger partial charge in [0.15, 0.2) is 15.4 Å². The molecule has 1 unspecified atom stereocenters. The van der Waals surface area contributed by atoms with E-state index in [1.165, 1.54) is 24.3 Å². The van der Waals surface area contributed by atoms with Crippen LogP contribution >= 0.6 is 22.9 Å². The van der Waals surface area contributed by atoms with Crippen molar-refractivity contribution in [3.8, 4) is 0 Å². The summed E-state index contributed by atoms with van der Waals surface area (Å²) in [6.07, 6.45) is -4.04. The summed E-state index contributed by atoms with van der Waals surface area (Å²) in [6, 6.07) is 5.41. The average molecular weight is 386 g/mol. The number of thiazole rings is 1. The molecule has 0 spiro atoms. The molecule has 0 aliphatic carbocycles. The van der Waals surface area contributed by atoms with Crippen LogP contribution in [0, 0.1) is 0 Å². The second-order valence-corrected chi connectivity index (χ2v) is 8.44. The van der Waals surface area contributed by atoms with Crippen molar-refractivity contribution in [1.82, 2.24) is 4.98 Å². The smallest absolute Gasteiger partial charge is 0.376 e. The van der Waals surface area contributed by atoms with Gasteiger partial charge in [-0.3, -0.25) is 0 Å². The minimum absolute atomic E-state index is 0.0127. The molecule has 1 aromatic carbocycles. The second kappa shape index (κ2) is 6.04. The maximum Gasteiger partial charge on any atom is 0.422 e. The fourth-order valence-corrected chi connectivity index (χ4v) is 4.35. The van der Waals surface area contributed by atoms with E-state index in [2.05, 4.69) is 4.98 Å². The van der Waals surface area contributed by atoms with Crippen LogP contribution in [-0.4, -0.2) is 24.7 Å². The summed E-state index contributed by atoms with van der Waals surface area (Å²) in [5.41, 5.74) is -3.08. The van der Waals surface area contributed by atoms with E-state index in [0.717, 1.165) is 6.20 Å². The number of benzene rings is 1. The zero-order valence-corrected chi connectivity index (χ0v) is 14.0. The third-order valence-electron chi connectivity index (χ3n) is 3.07. The van der Waals surface area contributed by atoms with Crippen molar-refractivity contribution in [2.45, 2.75) is 29.3 Å². The van der Waals surface area contributed by atoms with Crippen molar-refractivity contribution >= 4 is 32.8 Å². The predicted octanol–water partition coefficient (Wildman–Crippen LogP) is 3.54. The lowest BCUT2D eigenvalue weighted by molar-refractivity contribution is -0.257. The molecule has 2 rings (SSSR count). The van der Waals surface area contributed by atoms with Gasteiger partial charge >= 0.3 is 6.18 Å². The first-order valence-electron chi connectivity index (χ1n) is 6.16. The van der Waals surface area contributed by atoms with Crippen molar-refractivity contribution in [1.29, 1.82) is 0 Å². The summed E-state index contributed by atoms with van der Waals surface area (Å²) >= 11 is 6.18. The molecule has 1 aromatic heterocycles. The number of halogens is 4. The van der Waals surface area contributed by atoms with Crippen LogP contribution in [-0.2, 0) is 21.2 Å². The molecule has 0 amide bonds. The van der Waals surface area contributed by atoms with Crippen molar-refractivity contribution in [2.24, 2.45) is 0 Å². The molecule has 0 aliphatic rings. The van der Waals surface area contributed by atoms with Gasteiger partial charge in [-0.05, 0) is 31.2 Å². The molecule has 23 heavy (non-hydrogen) atoms. The summed E-state index contributed by atoms with van der Waals surface area (Å²) in [7, 11) is -3.77. The van der Waals surface area contributed by atoms with E-state index in [-0.39, 0.29) is 9.90 Å². The lowest BCUT2D eigenvalue weighted by Gasteiger charge is -2.24. The molecule has 0 bridgehead atoms. The highest BCUT2D eigenvalue weighted by Gasteiger charge is 2.52. The Morgan fingerprint density at radius 2 is 1.83 bits per heavy atom. The van der Waals surface area contributed by atoms with Gasteiger partial charge in [0.05, 0.1) is 9.77 Å². The third-order valence-corrected chi connectivity index (χ3v) is 6.36. The molecule has 0 aliphatic heterocycles. The van der Waals surface area contributed by atoms with Gasteiger partial charge in [-0.15, -0.1) is 11.3 Å². The minimum Gasteiger partial charge on any atom is -0.376 e. The van der Waals surface area contributed by atoms with Crippen LogP contribution in [0.1, 0.15) is 16.8 Å². The lowest BCUT2D eigenvalue weighted by Crippen LogP contribution is -2.38. The number of hydrogen-bond donors (Lipinski definition) is 1. The number of aromatic nitrogens is 1. The van der Waals surface area contributed by atoms with Gasteiger partial charge < -0.3 is 5.11 Å².